The Morgan fingerprint density at radius 3 is 1.50 bits per heavy atom. The minimum atomic E-state index is -0.769. The van der Waals surface area contributed by atoms with Crippen LogP contribution in [0.4, 0.5) is 17.1 Å². The van der Waals surface area contributed by atoms with Crippen molar-refractivity contribution in [3.8, 4) is 0 Å². The summed E-state index contributed by atoms with van der Waals surface area (Å²) >= 11 is 0. The number of benzene rings is 3. The molecular formula is C23H23NO2. The number of carbonyl (C=O) groups is 1. The van der Waals surface area contributed by atoms with Crippen LogP contribution in [0.3, 0.4) is 0 Å². The number of hydrogen-bond acceptors (Lipinski definition) is 2. The monoisotopic (exact) mass is 345 g/mol. The van der Waals surface area contributed by atoms with E-state index in [0.717, 1.165) is 22.6 Å². The number of carboxylic acids is 1. The molecule has 0 saturated carbocycles. The third kappa shape index (κ3) is 4.31. The molecule has 0 aliphatic rings. The molecule has 0 bridgehead atoms. The number of aliphatic carboxylic acids is 1. The van der Waals surface area contributed by atoms with Gasteiger partial charge in [-0.3, -0.25) is 4.79 Å². The van der Waals surface area contributed by atoms with Crippen LogP contribution in [0.25, 0.3) is 0 Å². The van der Waals surface area contributed by atoms with Crippen molar-refractivity contribution in [1.82, 2.24) is 0 Å². The summed E-state index contributed by atoms with van der Waals surface area (Å²) in [6.45, 7) is 4.16. The zero-order valence-electron chi connectivity index (χ0n) is 15.1. The standard InChI is InChI=1S/C23H23NO2/c1-17-3-10-20(11-4-17)24(21-12-5-18(2)6-13-21)22-14-7-19(8-15-22)9-16-23(25)26/h3-8,10-15H,9,16H2,1-2H3,(H,25,26). The topological polar surface area (TPSA) is 40.5 Å². The van der Waals surface area contributed by atoms with E-state index in [2.05, 4.69) is 79.4 Å². The second-order valence-electron chi connectivity index (χ2n) is 6.57. The molecule has 0 amide bonds. The van der Waals surface area contributed by atoms with Crippen molar-refractivity contribution in [2.24, 2.45) is 0 Å². The summed E-state index contributed by atoms with van der Waals surface area (Å²) in [6.07, 6.45) is 0.698. The number of rotatable bonds is 6. The highest BCUT2D eigenvalue weighted by Gasteiger charge is 2.12. The van der Waals surface area contributed by atoms with Gasteiger partial charge < -0.3 is 10.0 Å². The van der Waals surface area contributed by atoms with E-state index in [1.54, 1.807) is 0 Å². The van der Waals surface area contributed by atoms with Gasteiger partial charge in [-0.05, 0) is 62.2 Å². The summed E-state index contributed by atoms with van der Waals surface area (Å²) in [6, 6.07) is 25.0. The molecule has 3 rings (SSSR count). The number of aryl methyl sites for hydroxylation is 3. The van der Waals surface area contributed by atoms with E-state index in [9.17, 15) is 4.79 Å². The van der Waals surface area contributed by atoms with Crippen molar-refractivity contribution < 1.29 is 9.90 Å². The van der Waals surface area contributed by atoms with Crippen molar-refractivity contribution in [3.05, 3.63) is 89.5 Å². The van der Waals surface area contributed by atoms with Crippen molar-refractivity contribution in [2.75, 3.05) is 4.90 Å². The molecular weight excluding hydrogens is 322 g/mol. The summed E-state index contributed by atoms with van der Waals surface area (Å²) < 4.78 is 0. The molecule has 3 nitrogen and oxygen atoms in total. The molecule has 3 aromatic carbocycles. The molecule has 3 heteroatoms. The smallest absolute Gasteiger partial charge is 0.303 e. The molecule has 26 heavy (non-hydrogen) atoms. The first-order valence-corrected chi connectivity index (χ1v) is 8.77. The molecule has 0 aromatic heterocycles. The van der Waals surface area contributed by atoms with Gasteiger partial charge in [0.05, 0.1) is 0 Å². The van der Waals surface area contributed by atoms with Gasteiger partial charge in [0.15, 0.2) is 0 Å². The van der Waals surface area contributed by atoms with E-state index in [1.807, 2.05) is 12.1 Å². The predicted molar refractivity (Wildman–Crippen MR) is 107 cm³/mol. The lowest BCUT2D eigenvalue weighted by Gasteiger charge is -2.26. The Hall–Kier alpha value is -3.07. The van der Waals surface area contributed by atoms with Crippen LogP contribution in [0.5, 0.6) is 0 Å². The molecule has 0 heterocycles. The van der Waals surface area contributed by atoms with E-state index in [-0.39, 0.29) is 6.42 Å². The molecule has 0 spiro atoms. The quantitative estimate of drug-likeness (QED) is 0.614. The largest absolute Gasteiger partial charge is 0.481 e. The van der Waals surface area contributed by atoms with Gasteiger partial charge in [-0.2, -0.15) is 0 Å². The summed E-state index contributed by atoms with van der Waals surface area (Å²) in [5.41, 5.74) is 6.72. The average Bonchev–Trinajstić information content (AvgIpc) is 2.64. The Kier molecular flexibility index (Phi) is 5.37. The maximum atomic E-state index is 10.8. The summed E-state index contributed by atoms with van der Waals surface area (Å²) in [5.74, 6) is -0.769. The highest BCUT2D eigenvalue weighted by molar-refractivity contribution is 5.76. The van der Waals surface area contributed by atoms with Gasteiger partial charge in [-0.1, -0.05) is 47.5 Å². The lowest BCUT2D eigenvalue weighted by molar-refractivity contribution is -0.136. The van der Waals surface area contributed by atoms with Crippen LogP contribution >= 0.6 is 0 Å². The summed E-state index contributed by atoms with van der Waals surface area (Å²) in [7, 11) is 0. The second kappa shape index (κ2) is 7.87. The van der Waals surface area contributed by atoms with E-state index in [4.69, 9.17) is 5.11 Å². The molecule has 0 aliphatic carbocycles. The van der Waals surface area contributed by atoms with E-state index in [0.29, 0.717) is 6.42 Å². The lowest BCUT2D eigenvalue weighted by Crippen LogP contribution is -2.10. The Morgan fingerprint density at radius 2 is 1.12 bits per heavy atom. The van der Waals surface area contributed by atoms with Gasteiger partial charge in [-0.25, -0.2) is 0 Å². The Bertz CT molecular complexity index is 820. The molecule has 132 valence electrons. The fourth-order valence-corrected chi connectivity index (χ4v) is 2.90. The highest BCUT2D eigenvalue weighted by atomic mass is 16.4. The third-order valence-electron chi connectivity index (χ3n) is 4.41. The van der Waals surface area contributed by atoms with Crippen LogP contribution < -0.4 is 4.90 Å². The maximum absolute atomic E-state index is 10.8. The van der Waals surface area contributed by atoms with E-state index in [1.165, 1.54) is 11.1 Å². The Morgan fingerprint density at radius 1 is 0.731 bits per heavy atom. The van der Waals surface area contributed by atoms with Crippen LogP contribution in [0.2, 0.25) is 0 Å². The molecule has 0 saturated heterocycles. The van der Waals surface area contributed by atoms with Crippen molar-refractivity contribution in [1.29, 1.82) is 0 Å². The average molecular weight is 345 g/mol. The number of anilines is 3. The van der Waals surface area contributed by atoms with E-state index < -0.39 is 5.97 Å². The Balaban J connectivity index is 1.96. The van der Waals surface area contributed by atoms with Crippen molar-refractivity contribution in [3.63, 3.8) is 0 Å². The zero-order chi connectivity index (χ0) is 18.5. The maximum Gasteiger partial charge on any atom is 0.303 e. The molecule has 0 atom stereocenters. The SMILES string of the molecule is Cc1ccc(N(c2ccc(C)cc2)c2ccc(CCC(=O)O)cc2)cc1. The fraction of sp³-hybridized carbons (Fsp3) is 0.174. The van der Waals surface area contributed by atoms with Crippen molar-refractivity contribution >= 4 is 23.0 Å². The van der Waals surface area contributed by atoms with E-state index >= 15 is 0 Å². The van der Waals surface area contributed by atoms with Crippen molar-refractivity contribution in [2.45, 2.75) is 26.7 Å². The van der Waals surface area contributed by atoms with Crippen LogP contribution in [-0.2, 0) is 11.2 Å². The van der Waals surface area contributed by atoms with Crippen LogP contribution in [0.15, 0.2) is 72.8 Å². The lowest BCUT2D eigenvalue weighted by atomic mass is 10.1. The first kappa shape index (κ1) is 17.7. The normalized spacial score (nSPS) is 10.5. The number of carboxylic acid groups (broad SMARTS) is 1. The van der Waals surface area contributed by atoms with Gasteiger partial charge in [0.1, 0.15) is 0 Å². The first-order chi connectivity index (χ1) is 12.5. The third-order valence-corrected chi connectivity index (χ3v) is 4.41. The molecule has 1 N–H and O–H groups in total. The van der Waals surface area contributed by atoms with Gasteiger partial charge in [0.2, 0.25) is 0 Å². The number of hydrogen-bond donors (Lipinski definition) is 1. The van der Waals surface area contributed by atoms with Gasteiger partial charge in [0, 0.05) is 23.5 Å². The van der Waals surface area contributed by atoms with Crippen LogP contribution in [-0.4, -0.2) is 11.1 Å². The minimum absolute atomic E-state index is 0.152. The molecule has 0 radical (unpaired) electrons. The van der Waals surface area contributed by atoms with Gasteiger partial charge >= 0.3 is 5.97 Å². The minimum Gasteiger partial charge on any atom is -0.481 e. The van der Waals surface area contributed by atoms with Crippen LogP contribution in [0, 0.1) is 13.8 Å². The molecule has 0 fully saturated rings. The summed E-state index contributed by atoms with van der Waals surface area (Å²) in [4.78, 5) is 13.0. The second-order valence-corrected chi connectivity index (χ2v) is 6.57. The van der Waals surface area contributed by atoms with Gasteiger partial charge in [-0.15, -0.1) is 0 Å². The van der Waals surface area contributed by atoms with Gasteiger partial charge in [0.25, 0.3) is 0 Å². The molecule has 3 aromatic rings. The first-order valence-electron chi connectivity index (χ1n) is 8.77. The predicted octanol–water partition coefficient (Wildman–Crippen LogP) is 5.79. The fourth-order valence-electron chi connectivity index (χ4n) is 2.90. The number of nitrogens with zero attached hydrogens (tertiary/aromatic N) is 1. The molecule has 0 aliphatic heterocycles. The van der Waals surface area contributed by atoms with Crippen LogP contribution in [0.1, 0.15) is 23.1 Å². The Labute approximate surface area is 154 Å². The highest BCUT2D eigenvalue weighted by Crippen LogP contribution is 2.34. The zero-order valence-corrected chi connectivity index (χ0v) is 15.1. The summed E-state index contributed by atoms with van der Waals surface area (Å²) in [5, 5.41) is 8.85. The molecule has 0 unspecified atom stereocenters.